The lowest BCUT2D eigenvalue weighted by molar-refractivity contribution is -0.379. The number of rotatable bonds is 69. The van der Waals surface area contributed by atoms with Crippen molar-refractivity contribution in [3.05, 3.63) is 12.2 Å². The maximum atomic E-state index is 13.5. The second-order valence-electron chi connectivity index (χ2n) is 30.7. The van der Waals surface area contributed by atoms with Crippen LogP contribution >= 0.6 is 0 Å². The lowest BCUT2D eigenvalue weighted by Crippen LogP contribution is -2.66. The molecule has 3 rings (SSSR count). The first-order valence-corrected chi connectivity index (χ1v) is 42.4. The first-order valence-electron chi connectivity index (χ1n) is 42.4. The molecule has 19 heteroatoms. The summed E-state index contributed by atoms with van der Waals surface area (Å²) in [5.41, 5.74) is 0. The smallest absolute Gasteiger partial charge is 0.220 e. The van der Waals surface area contributed by atoms with Crippen molar-refractivity contribution in [3.8, 4) is 0 Å². The van der Waals surface area contributed by atoms with Crippen LogP contribution in [0.5, 0.6) is 0 Å². The van der Waals surface area contributed by atoms with Crippen LogP contribution < -0.4 is 5.32 Å². The molecular weight excluding hydrogens is 1290 g/mol. The Morgan fingerprint density at radius 1 is 0.347 bits per heavy atom. The molecule has 17 atom stereocenters. The molecule has 598 valence electrons. The normalized spacial score (nSPS) is 26.3. The van der Waals surface area contributed by atoms with Gasteiger partial charge in [-0.05, 0) is 19.3 Å². The second kappa shape index (κ2) is 63.5. The number of carbonyl (C=O) groups is 1. The van der Waals surface area contributed by atoms with Crippen molar-refractivity contribution in [2.24, 2.45) is 0 Å². The second-order valence-corrected chi connectivity index (χ2v) is 30.7. The molecule has 3 saturated heterocycles. The van der Waals surface area contributed by atoms with Gasteiger partial charge in [-0.25, -0.2) is 0 Å². The number of unbranched alkanes of at least 4 members (excludes halogenated alkanes) is 53. The Balaban J connectivity index is 1.35. The van der Waals surface area contributed by atoms with E-state index in [0.29, 0.717) is 6.42 Å². The maximum Gasteiger partial charge on any atom is 0.220 e. The van der Waals surface area contributed by atoms with E-state index in [4.69, 9.17) is 28.4 Å². The highest BCUT2D eigenvalue weighted by Crippen LogP contribution is 2.33. The van der Waals surface area contributed by atoms with Gasteiger partial charge in [0.25, 0.3) is 0 Å². The van der Waals surface area contributed by atoms with Gasteiger partial charge in [0, 0.05) is 6.42 Å². The Bertz CT molecular complexity index is 1870. The number of hydrogen-bond donors (Lipinski definition) is 12. The molecule has 3 heterocycles. The van der Waals surface area contributed by atoms with Crippen LogP contribution in [0.3, 0.4) is 0 Å². The summed E-state index contributed by atoms with van der Waals surface area (Å²) in [6, 6.07) is -0.970. The van der Waals surface area contributed by atoms with Gasteiger partial charge >= 0.3 is 0 Å². The first-order chi connectivity index (χ1) is 49.3. The Labute approximate surface area is 614 Å². The molecule has 19 nitrogen and oxygen atoms in total. The van der Waals surface area contributed by atoms with E-state index in [1.54, 1.807) is 6.08 Å². The molecule has 3 aliphatic heterocycles. The molecule has 0 bridgehead atoms. The minimum Gasteiger partial charge on any atom is -0.394 e. The zero-order valence-electron chi connectivity index (χ0n) is 64.2. The molecule has 0 aromatic heterocycles. The molecule has 3 fully saturated rings. The van der Waals surface area contributed by atoms with E-state index in [0.717, 1.165) is 44.9 Å². The van der Waals surface area contributed by atoms with Crippen molar-refractivity contribution in [2.75, 3.05) is 26.4 Å². The molecule has 3 aliphatic rings. The number of amides is 1. The van der Waals surface area contributed by atoms with Gasteiger partial charge in [0.15, 0.2) is 18.9 Å². The molecule has 12 N–H and O–H groups in total. The van der Waals surface area contributed by atoms with Crippen LogP contribution in [0.1, 0.15) is 373 Å². The molecule has 1 amide bonds. The van der Waals surface area contributed by atoms with Crippen molar-refractivity contribution in [1.82, 2.24) is 5.32 Å². The predicted octanol–water partition coefficient (Wildman–Crippen LogP) is 14.7. The van der Waals surface area contributed by atoms with Crippen LogP contribution in [0.25, 0.3) is 0 Å². The molecule has 0 saturated carbocycles. The summed E-state index contributed by atoms with van der Waals surface area (Å²) in [7, 11) is 0. The fraction of sp³-hybridized carbons (Fsp3) is 0.963. The summed E-state index contributed by atoms with van der Waals surface area (Å²) in [5.74, 6) is -0.265. The van der Waals surface area contributed by atoms with Crippen molar-refractivity contribution >= 4 is 5.91 Å². The molecule has 0 radical (unpaired) electrons. The van der Waals surface area contributed by atoms with Gasteiger partial charge in [-0.1, -0.05) is 360 Å². The van der Waals surface area contributed by atoms with E-state index in [1.165, 1.54) is 302 Å². The van der Waals surface area contributed by atoms with Crippen molar-refractivity contribution < 1.29 is 89.4 Å². The third-order valence-corrected chi connectivity index (χ3v) is 21.6. The van der Waals surface area contributed by atoms with Gasteiger partial charge in [-0.3, -0.25) is 4.79 Å². The third-order valence-electron chi connectivity index (χ3n) is 21.6. The summed E-state index contributed by atoms with van der Waals surface area (Å²) in [6.07, 6.45) is 49.3. The Hall–Kier alpha value is -1.47. The summed E-state index contributed by atoms with van der Waals surface area (Å²) >= 11 is 0. The molecule has 0 aliphatic carbocycles. The lowest BCUT2D eigenvalue weighted by Gasteiger charge is -2.48. The number of carbonyl (C=O) groups excluding carboxylic acids is 1. The molecule has 101 heavy (non-hydrogen) atoms. The molecule has 17 unspecified atom stereocenters. The number of allylic oxidation sites excluding steroid dienone is 1. The van der Waals surface area contributed by atoms with E-state index < -0.39 is 124 Å². The first kappa shape index (κ1) is 93.7. The number of ether oxygens (including phenoxy) is 6. The van der Waals surface area contributed by atoms with Crippen LogP contribution in [0.4, 0.5) is 0 Å². The number of nitrogens with one attached hydrogen (secondary N) is 1. The summed E-state index contributed by atoms with van der Waals surface area (Å²) in [5, 5.41) is 121. The highest BCUT2D eigenvalue weighted by molar-refractivity contribution is 5.76. The number of hydrogen-bond acceptors (Lipinski definition) is 18. The van der Waals surface area contributed by atoms with Crippen LogP contribution in [-0.2, 0) is 33.2 Å². The Morgan fingerprint density at radius 3 is 0.931 bits per heavy atom. The van der Waals surface area contributed by atoms with Gasteiger partial charge in [0.1, 0.15) is 73.2 Å². The summed E-state index contributed by atoms with van der Waals surface area (Å²) < 4.78 is 34.5. The van der Waals surface area contributed by atoms with Crippen LogP contribution in [0, 0.1) is 0 Å². The van der Waals surface area contributed by atoms with Gasteiger partial charge in [-0.15, -0.1) is 0 Å². The highest BCUT2D eigenvalue weighted by Gasteiger charge is 2.54. The van der Waals surface area contributed by atoms with E-state index in [2.05, 4.69) is 19.2 Å². The minimum absolute atomic E-state index is 0.250. The third kappa shape index (κ3) is 43.3. The van der Waals surface area contributed by atoms with E-state index in [-0.39, 0.29) is 18.9 Å². The zero-order valence-corrected chi connectivity index (χ0v) is 64.2. The number of aliphatic hydroxyl groups excluding tert-OH is 11. The fourth-order valence-corrected chi connectivity index (χ4v) is 14.8. The van der Waals surface area contributed by atoms with Crippen molar-refractivity contribution in [2.45, 2.75) is 478 Å². The molecule has 0 spiro atoms. The molecule has 0 aromatic rings. The largest absolute Gasteiger partial charge is 0.394 e. The van der Waals surface area contributed by atoms with Crippen LogP contribution in [0.15, 0.2) is 12.2 Å². The molecular formula is C82H157NO18. The van der Waals surface area contributed by atoms with Crippen molar-refractivity contribution in [1.29, 1.82) is 0 Å². The monoisotopic (exact) mass is 1440 g/mol. The quantitative estimate of drug-likeness (QED) is 0.0199. The Kier molecular flexibility index (Phi) is 58.9. The topological polar surface area (TPSA) is 307 Å². The zero-order chi connectivity index (χ0) is 73.2. The van der Waals surface area contributed by atoms with Gasteiger partial charge < -0.3 is 89.9 Å². The standard InChI is InChI=1S/C82H157NO18/c1-3-5-7-9-11-13-15-17-19-21-23-25-27-29-30-31-32-33-34-35-36-38-40-42-44-46-48-50-52-54-56-58-60-70(88)83-65(66(87)59-57-55-53-51-49-47-45-43-41-39-37-28-26-24-22-20-18-16-14-12-10-8-6-4-2)64-96-80-76(94)73(91)78(68(62-85)98-80)101-82-77(95)74(92)79(69(63-86)99-82)100-81-75(93)72(90)71(89)67(61-84)97-81/h57,59,65-69,71-82,84-87,89-95H,3-56,58,60-64H2,1-2H3,(H,83,88)/b59-57+. The average molecular weight is 1450 g/mol. The Morgan fingerprint density at radius 2 is 0.614 bits per heavy atom. The summed E-state index contributed by atoms with van der Waals surface area (Å²) in [6.45, 7) is 1.81. The molecule has 0 aromatic carbocycles. The van der Waals surface area contributed by atoms with E-state index >= 15 is 0 Å². The minimum atomic E-state index is -1.98. The van der Waals surface area contributed by atoms with Gasteiger partial charge in [-0.2, -0.15) is 0 Å². The summed E-state index contributed by atoms with van der Waals surface area (Å²) in [4.78, 5) is 13.5. The SMILES string of the molecule is CCCCCCCCCCCCCCCCCCCCCCCC/C=C/C(O)C(COC1OC(CO)C(OC2OC(CO)C(OC3OC(CO)C(O)C(O)C3O)C(O)C2O)C(O)C1O)NC(=O)CCCCCCCCCCCCCCCCCCCCCCCCCCCCCCCCCC. The van der Waals surface area contributed by atoms with E-state index in [1.807, 2.05) is 6.08 Å². The maximum absolute atomic E-state index is 13.5. The number of aliphatic hydroxyl groups is 11. The van der Waals surface area contributed by atoms with Gasteiger partial charge in [0.2, 0.25) is 5.91 Å². The van der Waals surface area contributed by atoms with Crippen LogP contribution in [0.2, 0.25) is 0 Å². The highest BCUT2D eigenvalue weighted by atomic mass is 16.8. The van der Waals surface area contributed by atoms with Crippen molar-refractivity contribution in [3.63, 3.8) is 0 Å². The predicted molar refractivity (Wildman–Crippen MR) is 402 cm³/mol. The van der Waals surface area contributed by atoms with Gasteiger partial charge in [0.05, 0.1) is 38.6 Å². The fourth-order valence-electron chi connectivity index (χ4n) is 14.8. The van der Waals surface area contributed by atoms with E-state index in [9.17, 15) is 61.0 Å². The average Bonchev–Trinajstić information content (AvgIpc) is 0.780. The lowest BCUT2D eigenvalue weighted by atomic mass is 9.96. The van der Waals surface area contributed by atoms with Crippen LogP contribution in [-0.4, -0.2) is 193 Å².